The van der Waals surface area contributed by atoms with E-state index in [0.29, 0.717) is 5.92 Å². The summed E-state index contributed by atoms with van der Waals surface area (Å²) in [6, 6.07) is 0. The Hall–Kier alpha value is -0.240. The van der Waals surface area contributed by atoms with Gasteiger partial charge in [-0.25, -0.2) is 0 Å². The van der Waals surface area contributed by atoms with Crippen molar-refractivity contribution in [2.75, 3.05) is 6.54 Å². The molecule has 3 heteroatoms. The van der Waals surface area contributed by atoms with Crippen molar-refractivity contribution in [1.29, 1.82) is 0 Å². The van der Waals surface area contributed by atoms with E-state index in [4.69, 9.17) is 11.6 Å². The standard InChI is InChI=1S/C5H8ClNO/c1-3-2-7-5(8)4(3)6/h3-4H,2H2,1H3,(H,7,8). The molecule has 0 aromatic heterocycles. The first-order valence-electron chi connectivity index (χ1n) is 2.63. The Kier molecular flexibility index (Phi) is 1.43. The lowest BCUT2D eigenvalue weighted by Crippen LogP contribution is -2.19. The van der Waals surface area contributed by atoms with Crippen LogP contribution in [0.2, 0.25) is 0 Å². The van der Waals surface area contributed by atoms with Gasteiger partial charge in [-0.1, -0.05) is 6.92 Å². The topological polar surface area (TPSA) is 29.1 Å². The molecule has 0 spiro atoms. The molecule has 0 aromatic rings. The molecule has 2 atom stereocenters. The minimum absolute atomic E-state index is 0.0285. The van der Waals surface area contributed by atoms with Gasteiger partial charge >= 0.3 is 0 Å². The Morgan fingerprint density at radius 2 is 2.50 bits per heavy atom. The Morgan fingerprint density at radius 1 is 1.88 bits per heavy atom. The molecule has 0 aliphatic carbocycles. The van der Waals surface area contributed by atoms with Crippen LogP contribution in [0.25, 0.3) is 0 Å². The Balaban J connectivity index is 2.56. The van der Waals surface area contributed by atoms with Crippen LogP contribution >= 0.6 is 11.6 Å². The molecule has 1 N–H and O–H groups in total. The first-order valence-corrected chi connectivity index (χ1v) is 3.07. The Bertz CT molecular complexity index is 115. The zero-order valence-electron chi connectivity index (χ0n) is 4.65. The SMILES string of the molecule is CC1CNC(=O)C1Cl. The molecule has 1 saturated heterocycles. The Labute approximate surface area is 53.2 Å². The summed E-state index contributed by atoms with van der Waals surface area (Å²) in [7, 11) is 0. The second-order valence-corrected chi connectivity index (χ2v) is 2.59. The largest absolute Gasteiger partial charge is 0.354 e. The van der Waals surface area contributed by atoms with Crippen molar-refractivity contribution < 1.29 is 4.79 Å². The van der Waals surface area contributed by atoms with Crippen LogP contribution in [-0.2, 0) is 4.79 Å². The molecule has 1 amide bonds. The maximum atomic E-state index is 10.5. The Morgan fingerprint density at radius 3 is 2.62 bits per heavy atom. The van der Waals surface area contributed by atoms with Gasteiger partial charge in [0.1, 0.15) is 5.38 Å². The molecule has 0 aromatic carbocycles. The smallest absolute Gasteiger partial charge is 0.238 e. The summed E-state index contributed by atoms with van der Waals surface area (Å²) >= 11 is 5.60. The van der Waals surface area contributed by atoms with Crippen molar-refractivity contribution in [2.24, 2.45) is 5.92 Å². The molecule has 1 aliphatic rings. The third-order valence-corrected chi connectivity index (χ3v) is 1.98. The van der Waals surface area contributed by atoms with Crippen LogP contribution in [0, 0.1) is 5.92 Å². The first-order chi connectivity index (χ1) is 3.72. The van der Waals surface area contributed by atoms with E-state index in [0.717, 1.165) is 6.54 Å². The monoisotopic (exact) mass is 133 g/mol. The average molecular weight is 134 g/mol. The van der Waals surface area contributed by atoms with Gasteiger partial charge in [-0.3, -0.25) is 4.79 Å². The van der Waals surface area contributed by atoms with Gasteiger partial charge in [-0.2, -0.15) is 0 Å². The molecule has 0 saturated carbocycles. The van der Waals surface area contributed by atoms with Crippen molar-refractivity contribution in [3.05, 3.63) is 0 Å². The minimum Gasteiger partial charge on any atom is -0.354 e. The van der Waals surface area contributed by atoms with E-state index in [1.807, 2.05) is 6.92 Å². The van der Waals surface area contributed by atoms with Crippen LogP contribution in [0.3, 0.4) is 0 Å². The first kappa shape index (κ1) is 5.89. The lowest BCUT2D eigenvalue weighted by Gasteiger charge is -1.98. The van der Waals surface area contributed by atoms with E-state index < -0.39 is 0 Å². The number of halogens is 1. The van der Waals surface area contributed by atoms with Gasteiger partial charge in [0.15, 0.2) is 0 Å². The molecular formula is C5H8ClNO. The van der Waals surface area contributed by atoms with Crippen LogP contribution in [0.15, 0.2) is 0 Å². The fourth-order valence-electron chi connectivity index (χ4n) is 0.721. The van der Waals surface area contributed by atoms with Gasteiger partial charge < -0.3 is 5.32 Å². The average Bonchev–Trinajstić information content (AvgIpc) is 1.98. The normalized spacial score (nSPS) is 37.5. The summed E-state index contributed by atoms with van der Waals surface area (Å²) in [5.41, 5.74) is 0. The highest BCUT2D eigenvalue weighted by molar-refractivity contribution is 6.31. The van der Waals surface area contributed by atoms with Gasteiger partial charge in [-0.05, 0) is 5.92 Å². The molecule has 1 heterocycles. The molecule has 8 heavy (non-hydrogen) atoms. The second-order valence-electron chi connectivity index (χ2n) is 2.12. The van der Waals surface area contributed by atoms with E-state index in [1.54, 1.807) is 0 Å². The van der Waals surface area contributed by atoms with Crippen molar-refractivity contribution in [3.63, 3.8) is 0 Å². The molecule has 2 nitrogen and oxygen atoms in total. The van der Waals surface area contributed by atoms with Gasteiger partial charge in [0.2, 0.25) is 5.91 Å². The molecule has 46 valence electrons. The molecule has 0 bridgehead atoms. The van der Waals surface area contributed by atoms with Crippen LogP contribution in [0.4, 0.5) is 0 Å². The number of hydrogen-bond donors (Lipinski definition) is 1. The zero-order chi connectivity index (χ0) is 6.15. The fourth-order valence-corrected chi connectivity index (χ4v) is 0.887. The number of carbonyl (C=O) groups is 1. The van der Waals surface area contributed by atoms with E-state index in [-0.39, 0.29) is 11.3 Å². The summed E-state index contributed by atoms with van der Waals surface area (Å²) in [6.45, 7) is 2.68. The van der Waals surface area contributed by atoms with Crippen LogP contribution < -0.4 is 5.32 Å². The van der Waals surface area contributed by atoms with E-state index in [2.05, 4.69) is 5.32 Å². The molecule has 2 unspecified atom stereocenters. The van der Waals surface area contributed by atoms with Crippen molar-refractivity contribution in [1.82, 2.24) is 5.32 Å². The molecule has 0 radical (unpaired) electrons. The van der Waals surface area contributed by atoms with Gasteiger partial charge in [0, 0.05) is 6.54 Å². The number of rotatable bonds is 0. The highest BCUT2D eigenvalue weighted by atomic mass is 35.5. The third kappa shape index (κ3) is 0.802. The maximum absolute atomic E-state index is 10.5. The quantitative estimate of drug-likeness (QED) is 0.475. The van der Waals surface area contributed by atoms with Gasteiger partial charge in [0.25, 0.3) is 0 Å². The van der Waals surface area contributed by atoms with Crippen molar-refractivity contribution in [3.8, 4) is 0 Å². The molecule has 1 fully saturated rings. The van der Waals surface area contributed by atoms with Crippen molar-refractivity contribution >= 4 is 17.5 Å². The second kappa shape index (κ2) is 1.94. The summed E-state index contributed by atoms with van der Waals surface area (Å²) in [5.74, 6) is 0.267. The maximum Gasteiger partial charge on any atom is 0.238 e. The van der Waals surface area contributed by atoms with Crippen LogP contribution in [0.1, 0.15) is 6.92 Å². The van der Waals surface area contributed by atoms with E-state index >= 15 is 0 Å². The lowest BCUT2D eigenvalue weighted by atomic mass is 10.1. The highest BCUT2D eigenvalue weighted by Gasteiger charge is 2.28. The molecular weight excluding hydrogens is 126 g/mol. The number of hydrogen-bond acceptors (Lipinski definition) is 1. The summed E-state index contributed by atoms with van der Waals surface area (Å²) in [4.78, 5) is 10.5. The molecule has 1 rings (SSSR count). The number of amides is 1. The fraction of sp³-hybridized carbons (Fsp3) is 0.800. The lowest BCUT2D eigenvalue weighted by molar-refractivity contribution is -0.119. The number of alkyl halides is 1. The predicted molar refractivity (Wildman–Crippen MR) is 31.8 cm³/mol. The summed E-state index contributed by atoms with van der Waals surface area (Å²) < 4.78 is 0. The van der Waals surface area contributed by atoms with Gasteiger partial charge in [0.05, 0.1) is 0 Å². The van der Waals surface area contributed by atoms with E-state index in [1.165, 1.54) is 0 Å². The van der Waals surface area contributed by atoms with E-state index in [9.17, 15) is 4.79 Å². The third-order valence-electron chi connectivity index (χ3n) is 1.35. The van der Waals surface area contributed by atoms with Crippen molar-refractivity contribution in [2.45, 2.75) is 12.3 Å². The minimum atomic E-state index is -0.296. The molecule has 1 aliphatic heterocycles. The summed E-state index contributed by atoms with van der Waals surface area (Å²) in [6.07, 6.45) is 0. The highest BCUT2D eigenvalue weighted by Crippen LogP contribution is 2.14. The number of nitrogens with one attached hydrogen (secondary N) is 1. The van der Waals surface area contributed by atoms with Crippen LogP contribution in [-0.4, -0.2) is 17.8 Å². The zero-order valence-corrected chi connectivity index (χ0v) is 5.40. The number of carbonyl (C=O) groups excluding carboxylic acids is 1. The van der Waals surface area contributed by atoms with Crippen LogP contribution in [0.5, 0.6) is 0 Å². The van der Waals surface area contributed by atoms with Gasteiger partial charge in [-0.15, -0.1) is 11.6 Å². The predicted octanol–water partition coefficient (Wildman–Crippen LogP) is 0.360. The summed E-state index contributed by atoms with van der Waals surface area (Å²) in [5, 5.41) is 2.35.